The van der Waals surface area contributed by atoms with Crippen LogP contribution in [0, 0.1) is 11.8 Å². The summed E-state index contributed by atoms with van der Waals surface area (Å²) in [7, 11) is 5.14. The van der Waals surface area contributed by atoms with Crippen molar-refractivity contribution < 1.29 is 14.3 Å². The summed E-state index contributed by atoms with van der Waals surface area (Å²) >= 11 is 0. The summed E-state index contributed by atoms with van der Waals surface area (Å²) in [6, 6.07) is 16.4. The molecule has 4 rings (SSSR count). The predicted molar refractivity (Wildman–Crippen MR) is 140 cm³/mol. The first-order valence-corrected chi connectivity index (χ1v) is 12.8. The van der Waals surface area contributed by atoms with Crippen molar-refractivity contribution in [2.24, 2.45) is 22.6 Å². The zero-order chi connectivity index (χ0) is 24.8. The molecule has 6 heteroatoms. The number of guanidine groups is 1. The van der Waals surface area contributed by atoms with Crippen LogP contribution in [0.2, 0.25) is 0 Å². The minimum atomic E-state index is -0.736. The Hall–Kier alpha value is -3.02. The fourth-order valence-corrected chi connectivity index (χ4v) is 5.90. The zero-order valence-electron chi connectivity index (χ0n) is 21.3. The van der Waals surface area contributed by atoms with Crippen molar-refractivity contribution in [3.63, 3.8) is 0 Å². The molecule has 2 aromatic carbocycles. The number of rotatable bonds is 10. The molecule has 6 nitrogen and oxygen atoms in total. The van der Waals surface area contributed by atoms with Crippen LogP contribution in [-0.4, -0.2) is 43.6 Å². The molecule has 1 aliphatic carbocycles. The molecule has 3 atom stereocenters. The lowest BCUT2D eigenvalue weighted by molar-refractivity contribution is -0.131. The summed E-state index contributed by atoms with van der Waals surface area (Å²) in [5, 5.41) is 0. The molecule has 0 saturated heterocycles. The lowest BCUT2D eigenvalue weighted by Gasteiger charge is -2.34. The lowest BCUT2D eigenvalue weighted by Crippen LogP contribution is -2.44. The smallest absolute Gasteiger partial charge is 0.257 e. The maximum absolute atomic E-state index is 13.4. The van der Waals surface area contributed by atoms with Crippen LogP contribution in [0.5, 0.6) is 11.5 Å². The first kappa shape index (κ1) is 25.1. The molecule has 1 saturated carbocycles. The van der Waals surface area contributed by atoms with Gasteiger partial charge in [0.05, 0.1) is 14.2 Å². The summed E-state index contributed by atoms with van der Waals surface area (Å²) in [6.07, 6.45) is 9.14. The number of ether oxygens (including phenoxy) is 2. The van der Waals surface area contributed by atoms with Crippen molar-refractivity contribution in [1.82, 2.24) is 4.90 Å². The van der Waals surface area contributed by atoms with Crippen molar-refractivity contribution in [3.05, 3.63) is 59.7 Å². The molecule has 0 spiro atoms. The van der Waals surface area contributed by atoms with Crippen molar-refractivity contribution >= 4 is 11.9 Å². The van der Waals surface area contributed by atoms with E-state index in [9.17, 15) is 4.79 Å². The standard InChI is InChI=1S/C29H39N3O3/c1-32-27(33)29(31-28(32)30,17-16-21-8-5-4-6-9-21)20-23-11-7-10-22(18-23)12-13-24-14-15-25(34-2)19-26(24)35-3/h4-6,8-9,14-15,19,22-23H,7,10-13,16-18,20H2,1-3H3,(H2,30,31)/t22-,23-,29+/m0/s1. The van der Waals surface area contributed by atoms with Gasteiger partial charge in [-0.25, -0.2) is 4.99 Å². The lowest BCUT2D eigenvalue weighted by atomic mass is 9.72. The minimum absolute atomic E-state index is 0.0519. The molecule has 1 heterocycles. The quantitative estimate of drug-likeness (QED) is 0.523. The summed E-state index contributed by atoms with van der Waals surface area (Å²) in [5.41, 5.74) is 7.86. The highest BCUT2D eigenvalue weighted by atomic mass is 16.5. The van der Waals surface area contributed by atoms with Gasteiger partial charge < -0.3 is 15.2 Å². The Morgan fingerprint density at radius 1 is 1.06 bits per heavy atom. The van der Waals surface area contributed by atoms with Crippen LogP contribution in [0.25, 0.3) is 0 Å². The Balaban J connectivity index is 1.41. The molecule has 188 valence electrons. The van der Waals surface area contributed by atoms with Crippen LogP contribution in [0.1, 0.15) is 56.1 Å². The zero-order valence-corrected chi connectivity index (χ0v) is 21.3. The third kappa shape index (κ3) is 5.80. The van der Waals surface area contributed by atoms with Gasteiger partial charge in [-0.15, -0.1) is 0 Å². The number of likely N-dealkylation sites (N-methyl/N-ethyl adjacent to an activating group) is 1. The van der Waals surface area contributed by atoms with E-state index in [2.05, 4.69) is 18.2 Å². The predicted octanol–water partition coefficient (Wildman–Crippen LogP) is 4.99. The summed E-state index contributed by atoms with van der Waals surface area (Å²) in [6.45, 7) is 0. The highest BCUT2D eigenvalue weighted by molar-refractivity contribution is 6.06. The number of hydrogen-bond donors (Lipinski definition) is 1. The van der Waals surface area contributed by atoms with Gasteiger partial charge in [-0.3, -0.25) is 9.69 Å². The van der Waals surface area contributed by atoms with Gasteiger partial charge in [-0.1, -0.05) is 55.7 Å². The Labute approximate surface area is 209 Å². The number of benzene rings is 2. The second kappa shape index (κ2) is 11.1. The van der Waals surface area contributed by atoms with Crippen LogP contribution in [0.15, 0.2) is 53.5 Å². The van der Waals surface area contributed by atoms with E-state index in [-0.39, 0.29) is 5.91 Å². The third-order valence-corrected chi connectivity index (χ3v) is 7.88. The number of carbonyl (C=O) groups excluding carboxylic acids is 1. The van der Waals surface area contributed by atoms with E-state index >= 15 is 0 Å². The molecule has 0 unspecified atom stereocenters. The number of aryl methyl sites for hydroxylation is 2. The van der Waals surface area contributed by atoms with Crippen LogP contribution in [0.4, 0.5) is 0 Å². The average Bonchev–Trinajstić information content (AvgIpc) is 3.10. The highest BCUT2D eigenvalue weighted by Gasteiger charge is 2.47. The van der Waals surface area contributed by atoms with Crippen LogP contribution >= 0.6 is 0 Å². The van der Waals surface area contributed by atoms with Crippen molar-refractivity contribution in [3.8, 4) is 11.5 Å². The number of hydrogen-bond acceptors (Lipinski definition) is 5. The number of amides is 1. The van der Waals surface area contributed by atoms with E-state index in [0.717, 1.165) is 50.0 Å². The Bertz CT molecular complexity index is 1040. The number of aliphatic imine (C=N–C) groups is 1. The number of carbonyl (C=O) groups is 1. The molecule has 0 radical (unpaired) electrons. The molecular formula is C29H39N3O3. The molecule has 2 aromatic rings. The molecule has 0 bridgehead atoms. The Kier molecular flexibility index (Phi) is 7.99. The molecule has 2 N–H and O–H groups in total. The van der Waals surface area contributed by atoms with Gasteiger partial charge in [0.25, 0.3) is 5.91 Å². The maximum Gasteiger partial charge on any atom is 0.257 e. The monoisotopic (exact) mass is 477 g/mol. The van der Waals surface area contributed by atoms with E-state index in [1.54, 1.807) is 26.2 Å². The average molecular weight is 478 g/mol. The summed E-state index contributed by atoms with van der Waals surface area (Å²) in [4.78, 5) is 19.7. The van der Waals surface area contributed by atoms with Crippen LogP contribution < -0.4 is 15.2 Å². The molecule has 1 fully saturated rings. The fraction of sp³-hybridized carbons (Fsp3) is 0.517. The second-order valence-corrected chi connectivity index (χ2v) is 10.2. The van der Waals surface area contributed by atoms with E-state index in [1.165, 1.54) is 24.0 Å². The first-order chi connectivity index (χ1) is 16.9. The normalized spacial score (nSPS) is 24.4. The number of nitrogens with zero attached hydrogens (tertiary/aromatic N) is 2. The molecule has 0 aromatic heterocycles. The largest absolute Gasteiger partial charge is 0.497 e. The van der Waals surface area contributed by atoms with Gasteiger partial charge in [-0.05, 0) is 67.6 Å². The molecule has 35 heavy (non-hydrogen) atoms. The van der Waals surface area contributed by atoms with E-state index in [1.807, 2.05) is 30.3 Å². The Morgan fingerprint density at radius 3 is 2.51 bits per heavy atom. The van der Waals surface area contributed by atoms with Gasteiger partial charge in [0, 0.05) is 13.1 Å². The third-order valence-electron chi connectivity index (χ3n) is 7.88. The molecule has 1 aliphatic heterocycles. The molecular weight excluding hydrogens is 438 g/mol. The van der Waals surface area contributed by atoms with Gasteiger partial charge in [0.2, 0.25) is 0 Å². The van der Waals surface area contributed by atoms with Crippen molar-refractivity contribution in [2.45, 2.75) is 63.3 Å². The van der Waals surface area contributed by atoms with Gasteiger partial charge in [0.15, 0.2) is 5.96 Å². The summed E-state index contributed by atoms with van der Waals surface area (Å²) < 4.78 is 10.9. The van der Waals surface area contributed by atoms with Crippen LogP contribution in [0.3, 0.4) is 0 Å². The molecule has 2 aliphatic rings. The number of methoxy groups -OCH3 is 2. The van der Waals surface area contributed by atoms with Crippen molar-refractivity contribution in [2.75, 3.05) is 21.3 Å². The first-order valence-electron chi connectivity index (χ1n) is 12.8. The topological polar surface area (TPSA) is 77.2 Å². The summed E-state index contributed by atoms with van der Waals surface area (Å²) in [5.74, 6) is 3.23. The van der Waals surface area contributed by atoms with Crippen molar-refractivity contribution in [1.29, 1.82) is 0 Å². The van der Waals surface area contributed by atoms with Gasteiger partial charge >= 0.3 is 0 Å². The van der Waals surface area contributed by atoms with Gasteiger partial charge in [-0.2, -0.15) is 0 Å². The fourth-order valence-electron chi connectivity index (χ4n) is 5.90. The SMILES string of the molecule is COc1ccc(CC[C@@H]2CCC[C@H](C[C@@]3(CCc4ccccc4)N=C(N)N(C)C3=O)C2)c(OC)c1. The van der Waals surface area contributed by atoms with E-state index in [4.69, 9.17) is 20.2 Å². The molecule has 1 amide bonds. The van der Waals surface area contributed by atoms with Gasteiger partial charge in [0.1, 0.15) is 17.0 Å². The minimum Gasteiger partial charge on any atom is -0.497 e. The van der Waals surface area contributed by atoms with E-state index < -0.39 is 5.54 Å². The Morgan fingerprint density at radius 2 is 1.83 bits per heavy atom. The number of nitrogens with two attached hydrogens (primary N) is 1. The highest BCUT2D eigenvalue weighted by Crippen LogP contribution is 2.41. The second-order valence-electron chi connectivity index (χ2n) is 10.2. The van der Waals surface area contributed by atoms with Crippen LogP contribution in [-0.2, 0) is 17.6 Å². The maximum atomic E-state index is 13.4. The van der Waals surface area contributed by atoms with E-state index in [0.29, 0.717) is 24.2 Å².